The number of hydrogen-bond donors (Lipinski definition) is 1. The van der Waals surface area contributed by atoms with Crippen LogP contribution in [0, 0.1) is 11.3 Å². The number of carbonyl (C=O) groups is 2. The minimum atomic E-state index is -0.929. The lowest BCUT2D eigenvalue weighted by Gasteiger charge is -2.30. The van der Waals surface area contributed by atoms with Gasteiger partial charge < -0.3 is 10.1 Å². The summed E-state index contributed by atoms with van der Waals surface area (Å²) in [6.07, 6.45) is 0.256. The molecule has 0 aliphatic heterocycles. The van der Waals surface area contributed by atoms with Crippen LogP contribution in [0.3, 0.4) is 0 Å². The van der Waals surface area contributed by atoms with Crippen LogP contribution in [0.2, 0.25) is 0 Å². The first-order valence-corrected chi connectivity index (χ1v) is 6.38. The lowest BCUT2D eigenvalue weighted by atomic mass is 9.78. The third-order valence-corrected chi connectivity index (χ3v) is 3.33. The zero-order valence-corrected chi connectivity index (χ0v) is 11.7. The van der Waals surface area contributed by atoms with E-state index in [-0.39, 0.29) is 13.0 Å². The van der Waals surface area contributed by atoms with Crippen molar-refractivity contribution in [2.24, 2.45) is 0 Å². The number of ether oxygens (including phenoxy) is 1. The van der Waals surface area contributed by atoms with E-state index in [1.807, 2.05) is 37.3 Å². The van der Waals surface area contributed by atoms with Gasteiger partial charge in [0.2, 0.25) is 5.91 Å². The number of nitriles is 1. The number of nitrogens with zero attached hydrogens (tertiary/aromatic N) is 1. The normalized spacial score (nSPS) is 12.8. The van der Waals surface area contributed by atoms with Gasteiger partial charge in [-0.2, -0.15) is 5.26 Å². The van der Waals surface area contributed by atoms with Gasteiger partial charge in [0.05, 0.1) is 13.2 Å². The van der Waals surface area contributed by atoms with Crippen LogP contribution in [0.1, 0.15) is 25.3 Å². The Balaban J connectivity index is 3.05. The molecule has 0 radical (unpaired) electrons. The van der Waals surface area contributed by atoms with Crippen LogP contribution < -0.4 is 5.32 Å². The molecular weight excluding hydrogens is 256 g/mol. The fourth-order valence-electron chi connectivity index (χ4n) is 2.10. The Kier molecular flexibility index (Phi) is 5.73. The average Bonchev–Trinajstić information content (AvgIpc) is 2.49. The van der Waals surface area contributed by atoms with E-state index < -0.39 is 17.3 Å². The third kappa shape index (κ3) is 3.35. The van der Waals surface area contributed by atoms with Crippen LogP contribution in [0.25, 0.3) is 0 Å². The molecule has 0 spiro atoms. The molecule has 106 valence electrons. The van der Waals surface area contributed by atoms with Gasteiger partial charge in [0, 0.05) is 6.54 Å². The first-order chi connectivity index (χ1) is 9.60. The van der Waals surface area contributed by atoms with E-state index in [9.17, 15) is 9.59 Å². The summed E-state index contributed by atoms with van der Waals surface area (Å²) in [6.45, 7) is 1.97. The lowest BCUT2D eigenvalue weighted by Crippen LogP contribution is -2.46. The molecule has 5 heteroatoms. The van der Waals surface area contributed by atoms with Crippen molar-refractivity contribution in [1.29, 1.82) is 5.26 Å². The monoisotopic (exact) mass is 274 g/mol. The number of rotatable bonds is 6. The van der Waals surface area contributed by atoms with Crippen LogP contribution in [0.15, 0.2) is 30.3 Å². The number of nitrogens with one attached hydrogen (secondary N) is 1. The fraction of sp³-hybridized carbons (Fsp3) is 0.400. The Morgan fingerprint density at radius 2 is 2.00 bits per heavy atom. The fourth-order valence-corrected chi connectivity index (χ4v) is 2.10. The molecule has 0 saturated carbocycles. The van der Waals surface area contributed by atoms with Gasteiger partial charge in [0.15, 0.2) is 0 Å². The van der Waals surface area contributed by atoms with Crippen molar-refractivity contribution in [1.82, 2.24) is 5.32 Å². The highest BCUT2D eigenvalue weighted by Crippen LogP contribution is 2.29. The quantitative estimate of drug-likeness (QED) is 0.798. The lowest BCUT2D eigenvalue weighted by molar-refractivity contribution is -0.147. The number of hydrogen-bond acceptors (Lipinski definition) is 4. The maximum atomic E-state index is 12.2. The van der Waals surface area contributed by atoms with Gasteiger partial charge in [0.25, 0.3) is 0 Å². The second-order valence-corrected chi connectivity index (χ2v) is 4.40. The number of methoxy groups -OCH3 is 1. The van der Waals surface area contributed by atoms with Crippen LogP contribution in [0.4, 0.5) is 0 Å². The number of esters is 1. The van der Waals surface area contributed by atoms with E-state index in [4.69, 9.17) is 10.00 Å². The van der Waals surface area contributed by atoms with Crippen molar-refractivity contribution in [2.45, 2.75) is 25.2 Å². The molecule has 0 aliphatic carbocycles. The Morgan fingerprint density at radius 1 is 1.35 bits per heavy atom. The van der Waals surface area contributed by atoms with Gasteiger partial charge in [-0.1, -0.05) is 37.3 Å². The topological polar surface area (TPSA) is 79.2 Å². The zero-order valence-electron chi connectivity index (χ0n) is 11.7. The van der Waals surface area contributed by atoms with Gasteiger partial charge in [-0.15, -0.1) is 0 Å². The zero-order chi connectivity index (χ0) is 15.0. The van der Waals surface area contributed by atoms with Gasteiger partial charge in [-0.25, -0.2) is 0 Å². The Bertz CT molecular complexity index is 508. The summed E-state index contributed by atoms with van der Waals surface area (Å²) < 4.78 is 4.90. The summed E-state index contributed by atoms with van der Waals surface area (Å²) >= 11 is 0. The Morgan fingerprint density at radius 3 is 2.50 bits per heavy atom. The molecule has 0 aliphatic rings. The van der Waals surface area contributed by atoms with E-state index in [0.717, 1.165) is 5.56 Å². The van der Waals surface area contributed by atoms with Crippen molar-refractivity contribution in [3.8, 4) is 6.07 Å². The predicted octanol–water partition coefficient (Wildman–Crippen LogP) is 1.54. The standard InChI is InChI=1S/C15H18N2O3/c1-3-15(14(19)20-2,11-17-13(18)9-10-16)12-7-5-4-6-8-12/h4-8H,3,9,11H2,1-2H3,(H,17,18). The molecule has 5 nitrogen and oxygen atoms in total. The highest BCUT2D eigenvalue weighted by molar-refractivity contribution is 5.85. The predicted molar refractivity (Wildman–Crippen MR) is 73.7 cm³/mol. The summed E-state index contributed by atoms with van der Waals surface area (Å²) in [5.74, 6) is -0.798. The smallest absolute Gasteiger partial charge is 0.318 e. The molecule has 1 atom stereocenters. The molecular formula is C15H18N2O3. The largest absolute Gasteiger partial charge is 0.468 e. The SMILES string of the molecule is CCC(CNC(=O)CC#N)(C(=O)OC)c1ccccc1. The van der Waals surface area contributed by atoms with E-state index in [1.54, 1.807) is 6.07 Å². The molecule has 1 unspecified atom stereocenters. The first-order valence-electron chi connectivity index (χ1n) is 6.38. The molecule has 1 amide bonds. The minimum absolute atomic E-state index is 0.112. The van der Waals surface area contributed by atoms with Crippen molar-refractivity contribution < 1.29 is 14.3 Å². The number of carbonyl (C=O) groups excluding carboxylic acids is 2. The average molecular weight is 274 g/mol. The van der Waals surface area contributed by atoms with Crippen molar-refractivity contribution in [3.63, 3.8) is 0 Å². The summed E-state index contributed by atoms with van der Waals surface area (Å²) in [6, 6.07) is 11.0. The second kappa shape index (κ2) is 7.29. The van der Waals surface area contributed by atoms with Crippen LogP contribution in [-0.4, -0.2) is 25.5 Å². The van der Waals surface area contributed by atoms with E-state index in [0.29, 0.717) is 6.42 Å². The molecule has 0 saturated heterocycles. The Hall–Kier alpha value is -2.35. The summed E-state index contributed by atoms with van der Waals surface area (Å²) in [7, 11) is 1.33. The molecule has 1 aromatic carbocycles. The maximum absolute atomic E-state index is 12.2. The van der Waals surface area contributed by atoms with E-state index in [2.05, 4.69) is 5.32 Å². The van der Waals surface area contributed by atoms with E-state index in [1.165, 1.54) is 7.11 Å². The van der Waals surface area contributed by atoms with Crippen LogP contribution in [-0.2, 0) is 19.7 Å². The number of amides is 1. The molecule has 0 fully saturated rings. The molecule has 1 rings (SSSR count). The Labute approximate surface area is 118 Å². The van der Waals surface area contributed by atoms with Crippen LogP contribution in [0.5, 0.6) is 0 Å². The van der Waals surface area contributed by atoms with E-state index >= 15 is 0 Å². The minimum Gasteiger partial charge on any atom is -0.468 e. The first kappa shape index (κ1) is 15.7. The maximum Gasteiger partial charge on any atom is 0.318 e. The molecule has 1 aromatic rings. The van der Waals surface area contributed by atoms with Crippen molar-refractivity contribution in [2.75, 3.05) is 13.7 Å². The summed E-state index contributed by atoms with van der Waals surface area (Å²) in [5.41, 5.74) is -0.146. The summed E-state index contributed by atoms with van der Waals surface area (Å²) in [4.78, 5) is 23.7. The molecule has 0 aromatic heterocycles. The van der Waals surface area contributed by atoms with Crippen molar-refractivity contribution >= 4 is 11.9 Å². The highest BCUT2D eigenvalue weighted by Gasteiger charge is 2.40. The molecule has 0 heterocycles. The van der Waals surface area contributed by atoms with Gasteiger partial charge >= 0.3 is 5.97 Å². The molecule has 20 heavy (non-hydrogen) atoms. The molecule has 1 N–H and O–H groups in total. The third-order valence-electron chi connectivity index (χ3n) is 3.33. The van der Waals surface area contributed by atoms with Crippen molar-refractivity contribution in [3.05, 3.63) is 35.9 Å². The summed E-state index contributed by atoms with van der Waals surface area (Å²) in [5, 5.41) is 11.1. The van der Waals surface area contributed by atoms with Gasteiger partial charge in [0.1, 0.15) is 11.8 Å². The van der Waals surface area contributed by atoms with Gasteiger partial charge in [-0.05, 0) is 12.0 Å². The van der Waals surface area contributed by atoms with Crippen LogP contribution >= 0.6 is 0 Å². The highest BCUT2D eigenvalue weighted by atomic mass is 16.5. The van der Waals surface area contributed by atoms with Gasteiger partial charge in [-0.3, -0.25) is 9.59 Å². The number of benzene rings is 1. The molecule has 0 bridgehead atoms. The second-order valence-electron chi connectivity index (χ2n) is 4.40.